The standard InChI is InChI=1S/C24H34O6/c1-17(6-5-7-20-11-13-28-16-20)14-21(26)15-18(2)8-9-22(29-19(3)25)24(4)12-10-23(27)30-24/h6,11,13,15-16,21-22,26H,5,7-10,12,14H2,1-4H3/t21-,22+,24-/m0/s1. The van der Waals surface area contributed by atoms with Gasteiger partial charge in [-0.1, -0.05) is 23.3 Å². The van der Waals surface area contributed by atoms with Crippen molar-refractivity contribution in [1.82, 2.24) is 0 Å². The number of cyclic esters (lactones) is 1. The number of ether oxygens (including phenoxy) is 2. The summed E-state index contributed by atoms with van der Waals surface area (Å²) >= 11 is 0. The lowest BCUT2D eigenvalue weighted by atomic mass is 9.90. The summed E-state index contributed by atoms with van der Waals surface area (Å²) in [5.74, 6) is -0.644. The minimum absolute atomic E-state index is 0.257. The van der Waals surface area contributed by atoms with Crippen molar-refractivity contribution in [1.29, 1.82) is 0 Å². The van der Waals surface area contributed by atoms with Gasteiger partial charge in [-0.2, -0.15) is 0 Å². The summed E-state index contributed by atoms with van der Waals surface area (Å²) in [5, 5.41) is 10.4. The monoisotopic (exact) mass is 418 g/mol. The van der Waals surface area contributed by atoms with Crippen LogP contribution in [0.25, 0.3) is 0 Å². The van der Waals surface area contributed by atoms with Crippen LogP contribution in [0, 0.1) is 0 Å². The number of furan rings is 1. The molecule has 1 N–H and O–H groups in total. The predicted octanol–water partition coefficient (Wildman–Crippen LogP) is 4.66. The summed E-state index contributed by atoms with van der Waals surface area (Å²) in [5.41, 5.74) is 2.53. The maximum absolute atomic E-state index is 11.6. The van der Waals surface area contributed by atoms with E-state index in [0.717, 1.165) is 24.0 Å². The Labute approximate surface area is 178 Å². The zero-order chi connectivity index (χ0) is 22.1. The highest BCUT2D eigenvalue weighted by Gasteiger charge is 2.44. The van der Waals surface area contributed by atoms with E-state index in [1.54, 1.807) is 12.5 Å². The van der Waals surface area contributed by atoms with Gasteiger partial charge in [0, 0.05) is 19.8 Å². The number of aliphatic hydroxyl groups is 1. The van der Waals surface area contributed by atoms with Crippen molar-refractivity contribution in [3.05, 3.63) is 47.5 Å². The molecule has 166 valence electrons. The van der Waals surface area contributed by atoms with E-state index in [1.165, 1.54) is 12.5 Å². The average molecular weight is 419 g/mol. The van der Waals surface area contributed by atoms with Crippen LogP contribution < -0.4 is 0 Å². The zero-order valence-corrected chi connectivity index (χ0v) is 18.5. The molecule has 1 aromatic rings. The molecular formula is C24H34O6. The molecule has 0 bridgehead atoms. The summed E-state index contributed by atoms with van der Waals surface area (Å²) in [7, 11) is 0. The van der Waals surface area contributed by atoms with E-state index in [0.29, 0.717) is 32.1 Å². The molecule has 2 heterocycles. The number of carbonyl (C=O) groups excluding carboxylic acids is 2. The minimum atomic E-state index is -0.782. The Kier molecular flexibility index (Phi) is 8.90. The van der Waals surface area contributed by atoms with Gasteiger partial charge in [0.2, 0.25) is 0 Å². The van der Waals surface area contributed by atoms with E-state index >= 15 is 0 Å². The third-order valence-electron chi connectivity index (χ3n) is 5.48. The van der Waals surface area contributed by atoms with Crippen molar-refractivity contribution in [2.24, 2.45) is 0 Å². The van der Waals surface area contributed by atoms with E-state index in [9.17, 15) is 14.7 Å². The number of rotatable bonds is 11. The molecule has 30 heavy (non-hydrogen) atoms. The second-order valence-electron chi connectivity index (χ2n) is 8.43. The van der Waals surface area contributed by atoms with Crippen molar-refractivity contribution in [2.45, 2.75) is 90.4 Å². The van der Waals surface area contributed by atoms with Crippen LogP contribution in [0.2, 0.25) is 0 Å². The van der Waals surface area contributed by atoms with E-state index in [-0.39, 0.29) is 11.9 Å². The van der Waals surface area contributed by atoms with Crippen molar-refractivity contribution >= 4 is 11.9 Å². The van der Waals surface area contributed by atoms with Gasteiger partial charge < -0.3 is 19.0 Å². The van der Waals surface area contributed by atoms with Crippen LogP contribution in [-0.2, 0) is 25.5 Å². The van der Waals surface area contributed by atoms with Gasteiger partial charge in [-0.05, 0) is 64.5 Å². The molecule has 1 fully saturated rings. The molecule has 2 rings (SSSR count). The number of allylic oxidation sites excluding steroid dienone is 2. The molecule has 0 aromatic carbocycles. The van der Waals surface area contributed by atoms with Gasteiger partial charge in [0.15, 0.2) is 0 Å². The summed E-state index contributed by atoms with van der Waals surface area (Å²) in [6, 6.07) is 1.96. The first kappa shape index (κ1) is 23.9. The van der Waals surface area contributed by atoms with Gasteiger partial charge in [0.25, 0.3) is 0 Å². The first-order valence-corrected chi connectivity index (χ1v) is 10.6. The average Bonchev–Trinajstić information content (AvgIpc) is 3.28. The topological polar surface area (TPSA) is 86.0 Å². The van der Waals surface area contributed by atoms with Gasteiger partial charge in [-0.3, -0.25) is 9.59 Å². The largest absolute Gasteiger partial charge is 0.472 e. The lowest BCUT2D eigenvalue weighted by Crippen LogP contribution is -2.42. The molecule has 1 saturated heterocycles. The van der Waals surface area contributed by atoms with E-state index in [4.69, 9.17) is 13.9 Å². The van der Waals surface area contributed by atoms with Crippen LogP contribution in [0.1, 0.15) is 71.8 Å². The van der Waals surface area contributed by atoms with Gasteiger partial charge in [0.05, 0.1) is 18.6 Å². The Morgan fingerprint density at radius 1 is 1.33 bits per heavy atom. The number of aryl methyl sites for hydroxylation is 1. The molecule has 0 amide bonds. The Morgan fingerprint density at radius 2 is 2.10 bits per heavy atom. The van der Waals surface area contributed by atoms with Gasteiger partial charge in [0.1, 0.15) is 11.7 Å². The molecule has 6 nitrogen and oxygen atoms in total. The van der Waals surface area contributed by atoms with Crippen molar-refractivity contribution in [3.8, 4) is 0 Å². The van der Waals surface area contributed by atoms with Crippen LogP contribution in [0.15, 0.2) is 46.3 Å². The van der Waals surface area contributed by atoms with Crippen LogP contribution in [-0.4, -0.2) is 34.9 Å². The maximum Gasteiger partial charge on any atom is 0.306 e. The predicted molar refractivity (Wildman–Crippen MR) is 114 cm³/mol. The molecule has 1 aliphatic heterocycles. The van der Waals surface area contributed by atoms with E-state index in [1.807, 2.05) is 32.9 Å². The Morgan fingerprint density at radius 3 is 2.70 bits per heavy atom. The van der Waals surface area contributed by atoms with Gasteiger partial charge >= 0.3 is 11.9 Å². The summed E-state index contributed by atoms with van der Waals surface area (Å²) < 4.78 is 16.0. The molecule has 0 aliphatic carbocycles. The molecule has 3 atom stereocenters. The zero-order valence-electron chi connectivity index (χ0n) is 18.5. The Hall–Kier alpha value is -2.34. The summed E-state index contributed by atoms with van der Waals surface area (Å²) in [4.78, 5) is 23.1. The molecule has 1 aliphatic rings. The Balaban J connectivity index is 1.84. The summed E-state index contributed by atoms with van der Waals surface area (Å²) in [6.45, 7) is 7.15. The minimum Gasteiger partial charge on any atom is -0.472 e. The number of hydrogen-bond donors (Lipinski definition) is 1. The molecule has 0 radical (unpaired) electrons. The Bertz CT molecular complexity index is 761. The van der Waals surface area contributed by atoms with Crippen molar-refractivity contribution in [2.75, 3.05) is 0 Å². The molecule has 0 saturated carbocycles. The van der Waals surface area contributed by atoms with Crippen LogP contribution in [0.3, 0.4) is 0 Å². The lowest BCUT2D eigenvalue weighted by Gasteiger charge is -2.32. The molecule has 1 aromatic heterocycles. The van der Waals surface area contributed by atoms with Crippen LogP contribution in [0.4, 0.5) is 0 Å². The fourth-order valence-corrected chi connectivity index (χ4v) is 3.79. The lowest BCUT2D eigenvalue weighted by molar-refractivity contribution is -0.172. The van der Waals surface area contributed by atoms with Crippen molar-refractivity contribution < 1.29 is 28.6 Å². The summed E-state index contributed by atoms with van der Waals surface area (Å²) in [6.07, 6.45) is 10.8. The highest BCUT2D eigenvalue weighted by atomic mass is 16.6. The quantitative estimate of drug-likeness (QED) is 0.415. The molecule has 0 spiro atoms. The third-order valence-corrected chi connectivity index (χ3v) is 5.48. The number of carbonyl (C=O) groups is 2. The normalized spacial score (nSPS) is 22.0. The fourth-order valence-electron chi connectivity index (χ4n) is 3.79. The number of hydrogen-bond acceptors (Lipinski definition) is 6. The van der Waals surface area contributed by atoms with E-state index in [2.05, 4.69) is 6.08 Å². The van der Waals surface area contributed by atoms with Crippen molar-refractivity contribution in [3.63, 3.8) is 0 Å². The molecular weight excluding hydrogens is 384 g/mol. The maximum atomic E-state index is 11.6. The third kappa shape index (κ3) is 7.82. The van der Waals surface area contributed by atoms with Gasteiger partial charge in [-0.25, -0.2) is 0 Å². The smallest absolute Gasteiger partial charge is 0.306 e. The van der Waals surface area contributed by atoms with Crippen LogP contribution >= 0.6 is 0 Å². The SMILES string of the molecule is CC(=O)O[C@H](CCC(C)=C[C@@H](O)CC(C)=CCCc1ccoc1)[C@]1(C)CCC(=O)O1. The highest BCUT2D eigenvalue weighted by Crippen LogP contribution is 2.34. The molecule has 6 heteroatoms. The first-order chi connectivity index (χ1) is 14.2. The second-order valence-corrected chi connectivity index (χ2v) is 8.43. The van der Waals surface area contributed by atoms with E-state index < -0.39 is 17.8 Å². The number of aliphatic hydroxyl groups excluding tert-OH is 1. The van der Waals surface area contributed by atoms with Gasteiger partial charge in [-0.15, -0.1) is 0 Å². The molecule has 0 unspecified atom stereocenters. The highest BCUT2D eigenvalue weighted by molar-refractivity contribution is 5.72. The van der Waals surface area contributed by atoms with Crippen LogP contribution in [0.5, 0.6) is 0 Å². The fraction of sp³-hybridized carbons (Fsp3) is 0.583. The first-order valence-electron chi connectivity index (χ1n) is 10.6. The second kappa shape index (κ2) is 11.2. The number of esters is 2.